The van der Waals surface area contributed by atoms with Crippen LogP contribution >= 0.6 is 11.8 Å². The number of carboxylic acids is 1. The standard InChI is InChI=1S/C25H27NO5S2/c1-4-19-5-7-20(8-6-19)31-21-9-11-22(12-10-21)32-14-13-26-33(29,30)23-15-17(2)18(3)24(16-23)25(27)28/h5-12,15-16,26H,4,13-14H2,1-3H3,(H,27,28). The van der Waals surface area contributed by atoms with Crippen molar-refractivity contribution in [1.29, 1.82) is 0 Å². The van der Waals surface area contributed by atoms with Gasteiger partial charge in [0.15, 0.2) is 0 Å². The molecule has 3 aromatic carbocycles. The number of nitrogens with one attached hydrogen (secondary N) is 1. The first-order chi connectivity index (χ1) is 15.7. The molecule has 3 rings (SSSR count). The fraction of sp³-hybridized carbons (Fsp3) is 0.240. The Bertz CT molecular complexity index is 1220. The highest BCUT2D eigenvalue weighted by molar-refractivity contribution is 7.99. The molecular formula is C25H27NO5S2. The maximum absolute atomic E-state index is 12.6. The van der Waals surface area contributed by atoms with Gasteiger partial charge in [0.05, 0.1) is 10.5 Å². The molecule has 0 saturated carbocycles. The summed E-state index contributed by atoms with van der Waals surface area (Å²) in [5.41, 5.74) is 2.42. The number of hydrogen-bond donors (Lipinski definition) is 2. The second kappa shape index (κ2) is 10.9. The van der Waals surface area contributed by atoms with E-state index >= 15 is 0 Å². The molecule has 8 heteroatoms. The molecule has 0 atom stereocenters. The number of carbonyl (C=O) groups is 1. The van der Waals surface area contributed by atoms with Gasteiger partial charge in [-0.3, -0.25) is 0 Å². The Kier molecular flexibility index (Phi) is 8.18. The summed E-state index contributed by atoms with van der Waals surface area (Å²) in [5, 5.41) is 9.32. The van der Waals surface area contributed by atoms with Crippen LogP contribution in [0.1, 0.15) is 34.0 Å². The molecule has 33 heavy (non-hydrogen) atoms. The lowest BCUT2D eigenvalue weighted by atomic mass is 10.0. The van der Waals surface area contributed by atoms with Crippen LogP contribution in [-0.4, -0.2) is 31.8 Å². The lowest BCUT2D eigenvalue weighted by Gasteiger charge is -2.11. The number of benzene rings is 3. The summed E-state index contributed by atoms with van der Waals surface area (Å²) in [5.74, 6) is 0.885. The average molecular weight is 486 g/mol. The first kappa shape index (κ1) is 24.8. The number of thioether (sulfide) groups is 1. The maximum Gasteiger partial charge on any atom is 0.336 e. The highest BCUT2D eigenvalue weighted by atomic mass is 32.2. The molecule has 0 saturated heterocycles. The van der Waals surface area contributed by atoms with Crippen molar-refractivity contribution >= 4 is 27.8 Å². The van der Waals surface area contributed by atoms with E-state index in [2.05, 4.69) is 11.6 Å². The van der Waals surface area contributed by atoms with Crippen LogP contribution in [0.3, 0.4) is 0 Å². The van der Waals surface area contributed by atoms with Gasteiger partial charge in [0.25, 0.3) is 0 Å². The van der Waals surface area contributed by atoms with Crippen LogP contribution in [0.25, 0.3) is 0 Å². The highest BCUT2D eigenvalue weighted by Gasteiger charge is 2.19. The van der Waals surface area contributed by atoms with E-state index < -0.39 is 16.0 Å². The number of ether oxygens (including phenoxy) is 1. The molecule has 0 radical (unpaired) electrons. The summed E-state index contributed by atoms with van der Waals surface area (Å²) in [7, 11) is -3.80. The predicted octanol–water partition coefficient (Wildman–Crippen LogP) is 5.43. The zero-order chi connectivity index (χ0) is 24.0. The number of aromatic carboxylic acids is 1. The van der Waals surface area contributed by atoms with E-state index in [9.17, 15) is 18.3 Å². The van der Waals surface area contributed by atoms with Crippen molar-refractivity contribution in [1.82, 2.24) is 4.72 Å². The minimum atomic E-state index is -3.80. The van der Waals surface area contributed by atoms with E-state index in [0.29, 0.717) is 16.9 Å². The van der Waals surface area contributed by atoms with Gasteiger partial charge in [-0.2, -0.15) is 0 Å². The van der Waals surface area contributed by atoms with Crippen molar-refractivity contribution in [2.75, 3.05) is 12.3 Å². The topological polar surface area (TPSA) is 92.7 Å². The van der Waals surface area contributed by atoms with Crippen molar-refractivity contribution in [2.24, 2.45) is 0 Å². The van der Waals surface area contributed by atoms with Crippen molar-refractivity contribution in [3.8, 4) is 11.5 Å². The van der Waals surface area contributed by atoms with Crippen LogP contribution in [0.15, 0.2) is 70.5 Å². The minimum absolute atomic E-state index is 0.00614. The van der Waals surface area contributed by atoms with Crippen LogP contribution in [0.2, 0.25) is 0 Å². The second-order valence-electron chi connectivity index (χ2n) is 7.54. The van der Waals surface area contributed by atoms with Gasteiger partial charge in [-0.05, 0) is 85.5 Å². The quantitative estimate of drug-likeness (QED) is 0.294. The van der Waals surface area contributed by atoms with Crippen molar-refractivity contribution in [3.63, 3.8) is 0 Å². The number of hydrogen-bond acceptors (Lipinski definition) is 5. The van der Waals surface area contributed by atoms with Crippen molar-refractivity contribution in [3.05, 3.63) is 82.9 Å². The molecule has 0 fully saturated rings. The Morgan fingerprint density at radius 2 is 1.61 bits per heavy atom. The molecule has 0 amide bonds. The predicted molar refractivity (Wildman–Crippen MR) is 131 cm³/mol. The molecule has 0 aliphatic heterocycles. The second-order valence-corrected chi connectivity index (χ2v) is 10.5. The zero-order valence-corrected chi connectivity index (χ0v) is 20.4. The Labute approximate surface area is 199 Å². The largest absolute Gasteiger partial charge is 0.478 e. The van der Waals surface area contributed by atoms with E-state index in [1.165, 1.54) is 29.5 Å². The lowest BCUT2D eigenvalue weighted by Crippen LogP contribution is -2.26. The summed E-state index contributed by atoms with van der Waals surface area (Å²) in [4.78, 5) is 12.3. The molecule has 0 heterocycles. The van der Waals surface area contributed by atoms with Gasteiger partial charge in [-0.1, -0.05) is 19.1 Å². The molecule has 0 unspecified atom stereocenters. The molecule has 6 nitrogen and oxygen atoms in total. The van der Waals surface area contributed by atoms with Gasteiger partial charge in [0, 0.05) is 17.2 Å². The average Bonchev–Trinajstić information content (AvgIpc) is 2.79. The lowest BCUT2D eigenvalue weighted by molar-refractivity contribution is 0.0695. The van der Waals surface area contributed by atoms with Gasteiger partial charge in [0.1, 0.15) is 11.5 Å². The maximum atomic E-state index is 12.6. The Morgan fingerprint density at radius 1 is 1.00 bits per heavy atom. The summed E-state index contributed by atoms with van der Waals surface area (Å²) in [6.07, 6.45) is 0.983. The third-order valence-electron chi connectivity index (χ3n) is 5.24. The summed E-state index contributed by atoms with van der Waals surface area (Å²) >= 11 is 1.51. The fourth-order valence-corrected chi connectivity index (χ4v) is 5.20. The zero-order valence-electron chi connectivity index (χ0n) is 18.8. The fourth-order valence-electron chi connectivity index (χ4n) is 3.16. The molecule has 0 aromatic heterocycles. The molecule has 0 aliphatic rings. The van der Waals surface area contributed by atoms with E-state index in [4.69, 9.17) is 4.74 Å². The molecule has 0 bridgehead atoms. The van der Waals surface area contributed by atoms with E-state index in [1.807, 2.05) is 48.5 Å². The summed E-state index contributed by atoms with van der Waals surface area (Å²) in [6, 6.07) is 18.3. The minimum Gasteiger partial charge on any atom is -0.478 e. The van der Waals surface area contributed by atoms with Crippen LogP contribution in [0.4, 0.5) is 0 Å². The molecule has 3 aromatic rings. The Morgan fingerprint density at radius 3 is 2.18 bits per heavy atom. The van der Waals surface area contributed by atoms with Crippen molar-refractivity contribution in [2.45, 2.75) is 37.0 Å². The van der Waals surface area contributed by atoms with Crippen LogP contribution in [0, 0.1) is 13.8 Å². The van der Waals surface area contributed by atoms with Gasteiger partial charge in [-0.15, -0.1) is 11.8 Å². The molecule has 0 aliphatic carbocycles. The summed E-state index contributed by atoms with van der Waals surface area (Å²) < 4.78 is 33.6. The number of carboxylic acid groups (broad SMARTS) is 1. The molecular weight excluding hydrogens is 458 g/mol. The normalized spacial score (nSPS) is 11.4. The van der Waals surface area contributed by atoms with Crippen LogP contribution in [-0.2, 0) is 16.4 Å². The Balaban J connectivity index is 1.53. The van der Waals surface area contributed by atoms with E-state index in [1.54, 1.807) is 13.8 Å². The third-order valence-corrected chi connectivity index (χ3v) is 7.69. The number of sulfonamides is 1. The summed E-state index contributed by atoms with van der Waals surface area (Å²) in [6.45, 7) is 5.68. The van der Waals surface area contributed by atoms with Gasteiger partial charge in [-0.25, -0.2) is 17.9 Å². The van der Waals surface area contributed by atoms with E-state index in [0.717, 1.165) is 22.8 Å². The van der Waals surface area contributed by atoms with E-state index in [-0.39, 0.29) is 17.0 Å². The first-order valence-corrected chi connectivity index (χ1v) is 13.0. The SMILES string of the molecule is CCc1ccc(Oc2ccc(SCCNS(=O)(=O)c3cc(C)c(C)c(C(=O)O)c3)cc2)cc1. The van der Waals surface area contributed by atoms with Crippen LogP contribution in [0.5, 0.6) is 11.5 Å². The van der Waals surface area contributed by atoms with Gasteiger partial charge >= 0.3 is 5.97 Å². The third kappa shape index (κ3) is 6.60. The van der Waals surface area contributed by atoms with Crippen molar-refractivity contribution < 1.29 is 23.1 Å². The first-order valence-electron chi connectivity index (χ1n) is 10.5. The molecule has 0 spiro atoms. The molecule has 2 N–H and O–H groups in total. The smallest absolute Gasteiger partial charge is 0.336 e. The molecule has 174 valence electrons. The highest BCUT2D eigenvalue weighted by Crippen LogP contribution is 2.26. The van der Waals surface area contributed by atoms with Gasteiger partial charge < -0.3 is 9.84 Å². The number of rotatable bonds is 10. The Hall–Kier alpha value is -2.81. The number of aryl methyl sites for hydroxylation is 2. The monoisotopic (exact) mass is 485 g/mol. The van der Waals surface area contributed by atoms with Gasteiger partial charge in [0.2, 0.25) is 10.0 Å². The van der Waals surface area contributed by atoms with Crippen LogP contribution < -0.4 is 9.46 Å².